The number of carbonyl (C=O) groups excluding carboxylic acids is 2. The second-order valence-electron chi connectivity index (χ2n) is 8.57. The average Bonchev–Trinajstić information content (AvgIpc) is 3.10. The molecule has 0 radical (unpaired) electrons. The van der Waals surface area contributed by atoms with E-state index in [0.717, 1.165) is 38.3 Å². The maximum Gasteiger partial charge on any atom is 0.228 e. The zero-order chi connectivity index (χ0) is 16.7. The predicted octanol–water partition coefficient (Wildman–Crippen LogP) is 2.19. The average molecular weight is 370 g/mol. The van der Waals surface area contributed by atoms with Gasteiger partial charge in [-0.25, -0.2) is 0 Å². The minimum absolute atomic E-state index is 0. The van der Waals surface area contributed by atoms with Crippen molar-refractivity contribution in [2.75, 3.05) is 19.6 Å². The standard InChI is InChI=1S/C19H31N3O2.ClH/c1-13-2-6-17(7-3-13)22-11-14(10-18(22)23)19(24)21-9-8-15-4-5-16(12-21)20-15;/h13-17,20H,2-12H2,1H3;1H. The molecule has 0 aromatic carbocycles. The molecule has 4 fully saturated rings. The highest BCUT2D eigenvalue weighted by molar-refractivity contribution is 5.89. The van der Waals surface area contributed by atoms with Crippen molar-refractivity contribution in [3.8, 4) is 0 Å². The topological polar surface area (TPSA) is 52.7 Å². The Morgan fingerprint density at radius 2 is 1.72 bits per heavy atom. The summed E-state index contributed by atoms with van der Waals surface area (Å²) >= 11 is 0. The highest BCUT2D eigenvalue weighted by atomic mass is 35.5. The molecule has 1 aliphatic carbocycles. The van der Waals surface area contributed by atoms with Gasteiger partial charge in [-0.15, -0.1) is 12.4 Å². The fourth-order valence-corrected chi connectivity index (χ4v) is 5.21. The molecule has 4 aliphatic rings. The zero-order valence-corrected chi connectivity index (χ0v) is 16.1. The summed E-state index contributed by atoms with van der Waals surface area (Å²) in [6.45, 7) is 4.66. The second kappa shape index (κ2) is 7.83. The summed E-state index contributed by atoms with van der Waals surface area (Å²) in [4.78, 5) is 29.5. The molecule has 5 nitrogen and oxygen atoms in total. The van der Waals surface area contributed by atoms with Crippen LogP contribution in [-0.4, -0.2) is 59.4 Å². The minimum Gasteiger partial charge on any atom is -0.341 e. The summed E-state index contributed by atoms with van der Waals surface area (Å²) in [5.41, 5.74) is 0. The smallest absolute Gasteiger partial charge is 0.228 e. The van der Waals surface area contributed by atoms with E-state index in [2.05, 4.69) is 12.2 Å². The Morgan fingerprint density at radius 1 is 1.00 bits per heavy atom. The van der Waals surface area contributed by atoms with Crippen molar-refractivity contribution in [1.82, 2.24) is 15.1 Å². The molecule has 25 heavy (non-hydrogen) atoms. The molecule has 1 saturated carbocycles. The Kier molecular flexibility index (Phi) is 5.94. The molecule has 2 amide bonds. The Morgan fingerprint density at radius 3 is 2.48 bits per heavy atom. The molecule has 0 spiro atoms. The van der Waals surface area contributed by atoms with E-state index in [1.54, 1.807) is 0 Å². The van der Waals surface area contributed by atoms with Crippen molar-refractivity contribution in [3.63, 3.8) is 0 Å². The molecule has 3 heterocycles. The van der Waals surface area contributed by atoms with E-state index >= 15 is 0 Å². The molecule has 0 aromatic rings. The van der Waals surface area contributed by atoms with Crippen LogP contribution in [0.5, 0.6) is 0 Å². The summed E-state index contributed by atoms with van der Waals surface area (Å²) in [6, 6.07) is 1.45. The third-order valence-electron chi connectivity index (χ3n) is 6.77. The molecule has 142 valence electrons. The number of carbonyl (C=O) groups is 2. The summed E-state index contributed by atoms with van der Waals surface area (Å²) in [5.74, 6) is 1.12. The van der Waals surface area contributed by atoms with Crippen molar-refractivity contribution >= 4 is 24.2 Å². The van der Waals surface area contributed by atoms with Crippen LogP contribution >= 0.6 is 12.4 Å². The van der Waals surface area contributed by atoms with Gasteiger partial charge in [0.05, 0.1) is 5.92 Å². The number of rotatable bonds is 2. The van der Waals surface area contributed by atoms with Crippen LogP contribution in [-0.2, 0) is 9.59 Å². The van der Waals surface area contributed by atoms with Crippen LogP contribution in [0.4, 0.5) is 0 Å². The number of likely N-dealkylation sites (tertiary alicyclic amines) is 2. The molecule has 3 atom stereocenters. The largest absolute Gasteiger partial charge is 0.341 e. The molecular formula is C19H32ClN3O2. The number of hydrogen-bond donors (Lipinski definition) is 1. The van der Waals surface area contributed by atoms with Crippen molar-refractivity contribution in [1.29, 1.82) is 0 Å². The van der Waals surface area contributed by atoms with Gasteiger partial charge in [-0.2, -0.15) is 0 Å². The van der Waals surface area contributed by atoms with E-state index in [9.17, 15) is 9.59 Å². The molecule has 2 bridgehead atoms. The lowest BCUT2D eigenvalue weighted by atomic mass is 9.86. The summed E-state index contributed by atoms with van der Waals surface area (Å²) in [6.07, 6.45) is 8.60. The molecular weight excluding hydrogens is 338 g/mol. The van der Waals surface area contributed by atoms with Gasteiger partial charge >= 0.3 is 0 Å². The van der Waals surface area contributed by atoms with E-state index in [1.807, 2.05) is 9.80 Å². The van der Waals surface area contributed by atoms with E-state index in [4.69, 9.17) is 0 Å². The normalized spacial score (nSPS) is 38.4. The van der Waals surface area contributed by atoms with E-state index in [1.165, 1.54) is 25.7 Å². The third-order valence-corrected chi connectivity index (χ3v) is 6.77. The van der Waals surface area contributed by atoms with Gasteiger partial charge in [0.2, 0.25) is 11.8 Å². The first-order valence-electron chi connectivity index (χ1n) is 9.94. The monoisotopic (exact) mass is 369 g/mol. The molecule has 1 N–H and O–H groups in total. The Balaban J connectivity index is 0.00000182. The quantitative estimate of drug-likeness (QED) is 0.811. The fourth-order valence-electron chi connectivity index (χ4n) is 5.21. The van der Waals surface area contributed by atoms with Crippen molar-refractivity contribution in [3.05, 3.63) is 0 Å². The number of nitrogens with zero attached hydrogens (tertiary/aromatic N) is 2. The summed E-state index contributed by atoms with van der Waals surface area (Å²) in [5, 5.41) is 3.63. The lowest BCUT2D eigenvalue weighted by Crippen LogP contribution is -2.43. The predicted molar refractivity (Wildman–Crippen MR) is 99.6 cm³/mol. The summed E-state index contributed by atoms with van der Waals surface area (Å²) < 4.78 is 0. The van der Waals surface area contributed by atoms with Gasteiger partial charge in [0.15, 0.2) is 0 Å². The Hall–Kier alpha value is -0.810. The van der Waals surface area contributed by atoms with Gasteiger partial charge in [0.1, 0.15) is 0 Å². The van der Waals surface area contributed by atoms with Gasteiger partial charge in [0.25, 0.3) is 0 Å². The number of amides is 2. The summed E-state index contributed by atoms with van der Waals surface area (Å²) in [7, 11) is 0. The molecule has 6 heteroatoms. The maximum absolute atomic E-state index is 13.0. The molecule has 3 unspecified atom stereocenters. The van der Waals surface area contributed by atoms with Crippen LogP contribution in [0.2, 0.25) is 0 Å². The SMILES string of the molecule is CC1CCC(N2CC(C(=O)N3CCC4CCC(C3)N4)CC2=O)CC1.Cl. The highest BCUT2D eigenvalue weighted by Crippen LogP contribution is 2.32. The fraction of sp³-hybridized carbons (Fsp3) is 0.895. The van der Waals surface area contributed by atoms with Gasteiger partial charge in [-0.1, -0.05) is 6.92 Å². The first-order chi connectivity index (χ1) is 11.6. The van der Waals surface area contributed by atoms with Gasteiger partial charge < -0.3 is 15.1 Å². The van der Waals surface area contributed by atoms with E-state index < -0.39 is 0 Å². The van der Waals surface area contributed by atoms with Crippen LogP contribution < -0.4 is 5.32 Å². The van der Waals surface area contributed by atoms with Crippen molar-refractivity contribution in [2.24, 2.45) is 11.8 Å². The van der Waals surface area contributed by atoms with Gasteiger partial charge in [0, 0.05) is 44.2 Å². The maximum atomic E-state index is 13.0. The number of halogens is 1. The Labute approximate surface area is 157 Å². The molecule has 4 rings (SSSR count). The van der Waals surface area contributed by atoms with Crippen molar-refractivity contribution < 1.29 is 9.59 Å². The molecule has 0 aromatic heterocycles. The van der Waals surface area contributed by atoms with Crippen molar-refractivity contribution in [2.45, 2.75) is 76.4 Å². The molecule has 3 aliphatic heterocycles. The lowest BCUT2D eigenvalue weighted by Gasteiger charge is -2.34. The van der Waals surface area contributed by atoms with Crippen LogP contribution in [0.25, 0.3) is 0 Å². The van der Waals surface area contributed by atoms with E-state index in [-0.39, 0.29) is 30.1 Å². The van der Waals surface area contributed by atoms with Crippen LogP contribution in [0.15, 0.2) is 0 Å². The number of fused-ring (bicyclic) bond motifs is 2. The highest BCUT2D eigenvalue weighted by Gasteiger charge is 2.41. The van der Waals surface area contributed by atoms with Crippen LogP contribution in [0.3, 0.4) is 0 Å². The zero-order valence-electron chi connectivity index (χ0n) is 15.3. The minimum atomic E-state index is -0.103. The number of hydrogen-bond acceptors (Lipinski definition) is 3. The Bertz CT molecular complexity index is 507. The third kappa shape index (κ3) is 3.97. The van der Waals surface area contributed by atoms with Crippen LogP contribution in [0, 0.1) is 11.8 Å². The molecule has 3 saturated heterocycles. The van der Waals surface area contributed by atoms with E-state index in [0.29, 0.717) is 31.1 Å². The first-order valence-corrected chi connectivity index (χ1v) is 9.94. The van der Waals surface area contributed by atoms with Crippen LogP contribution in [0.1, 0.15) is 58.3 Å². The lowest BCUT2D eigenvalue weighted by molar-refractivity contribution is -0.136. The van der Waals surface area contributed by atoms with Gasteiger partial charge in [-0.05, 0) is 50.9 Å². The second-order valence-corrected chi connectivity index (χ2v) is 8.57. The van der Waals surface area contributed by atoms with Gasteiger partial charge in [-0.3, -0.25) is 9.59 Å². The first kappa shape index (κ1) is 19.0. The number of nitrogens with one attached hydrogen (secondary N) is 1.